The van der Waals surface area contributed by atoms with Gasteiger partial charge in [0, 0.05) is 5.56 Å². The molecule has 4 aromatic rings. The largest absolute Gasteiger partial charge is 0.491 e. The molecule has 0 unspecified atom stereocenters. The van der Waals surface area contributed by atoms with E-state index < -0.39 is 11.5 Å². The van der Waals surface area contributed by atoms with Gasteiger partial charge < -0.3 is 4.74 Å². The number of hydrogen-bond donors (Lipinski definition) is 1. The molecule has 1 N–H and O–H groups in total. The summed E-state index contributed by atoms with van der Waals surface area (Å²) < 4.78 is 21.1. The van der Waals surface area contributed by atoms with Crippen LogP contribution < -0.4 is 15.7 Å². The maximum absolute atomic E-state index is 13.2. The van der Waals surface area contributed by atoms with Crippen molar-refractivity contribution >= 4 is 16.9 Å². The predicted octanol–water partition coefficient (Wildman–Crippen LogP) is 2.89. The molecule has 0 radical (unpaired) electrons. The summed E-state index contributed by atoms with van der Waals surface area (Å²) in [5.74, 6) is -0.202. The fraction of sp³-hybridized carbons (Fsp3) is 0.143. The number of carbonyl (C=O) groups is 1. The molecule has 0 saturated heterocycles. The lowest BCUT2D eigenvalue weighted by molar-refractivity contribution is 0.101. The Morgan fingerprint density at radius 2 is 1.80 bits per heavy atom. The molecule has 0 aliphatic heterocycles. The van der Waals surface area contributed by atoms with Gasteiger partial charge in [0.1, 0.15) is 23.3 Å². The number of nitrogens with zero attached hydrogens (tertiary/aromatic N) is 4. The topological polar surface area (TPSA) is 91.0 Å². The molecule has 2 aromatic carbocycles. The Balaban J connectivity index is 1.59. The third-order valence-corrected chi connectivity index (χ3v) is 4.27. The molecule has 0 fully saturated rings. The summed E-state index contributed by atoms with van der Waals surface area (Å²) in [6, 6.07) is 12.2. The van der Waals surface area contributed by atoms with E-state index in [1.165, 1.54) is 41.5 Å². The van der Waals surface area contributed by atoms with Crippen LogP contribution in [0.1, 0.15) is 24.2 Å². The van der Waals surface area contributed by atoms with Crippen LogP contribution >= 0.6 is 0 Å². The first-order chi connectivity index (χ1) is 14.4. The van der Waals surface area contributed by atoms with Crippen LogP contribution in [-0.4, -0.2) is 31.5 Å². The second kappa shape index (κ2) is 7.78. The summed E-state index contributed by atoms with van der Waals surface area (Å²) in [7, 11) is 0. The van der Waals surface area contributed by atoms with Crippen LogP contribution in [0.4, 0.5) is 4.39 Å². The minimum atomic E-state index is -0.485. The van der Waals surface area contributed by atoms with Crippen LogP contribution in [0.15, 0.2) is 65.8 Å². The third-order valence-electron chi connectivity index (χ3n) is 4.27. The van der Waals surface area contributed by atoms with Crippen molar-refractivity contribution in [1.29, 1.82) is 0 Å². The van der Waals surface area contributed by atoms with E-state index in [0.29, 0.717) is 22.6 Å². The van der Waals surface area contributed by atoms with Gasteiger partial charge in [-0.1, -0.05) is 0 Å². The highest BCUT2D eigenvalue weighted by Crippen LogP contribution is 2.15. The number of fused-ring (bicyclic) bond motifs is 1. The monoisotopic (exact) mass is 407 g/mol. The molecule has 2 heterocycles. The average molecular weight is 407 g/mol. The Morgan fingerprint density at radius 3 is 2.47 bits per heavy atom. The van der Waals surface area contributed by atoms with Gasteiger partial charge in [-0.25, -0.2) is 18.7 Å². The lowest BCUT2D eigenvalue weighted by Crippen LogP contribution is -2.33. The molecule has 0 atom stereocenters. The quantitative estimate of drug-likeness (QED) is 0.549. The van der Waals surface area contributed by atoms with Gasteiger partial charge in [0.2, 0.25) is 0 Å². The minimum Gasteiger partial charge on any atom is -0.491 e. The van der Waals surface area contributed by atoms with Crippen LogP contribution in [-0.2, 0) is 0 Å². The molecule has 1 amide bonds. The zero-order valence-corrected chi connectivity index (χ0v) is 16.2. The van der Waals surface area contributed by atoms with Gasteiger partial charge in [0.15, 0.2) is 5.65 Å². The van der Waals surface area contributed by atoms with Gasteiger partial charge >= 0.3 is 0 Å². The second-order valence-corrected chi connectivity index (χ2v) is 6.82. The minimum absolute atomic E-state index is 0.0249. The molecule has 9 heteroatoms. The van der Waals surface area contributed by atoms with Gasteiger partial charge in [0.05, 0.1) is 18.0 Å². The van der Waals surface area contributed by atoms with E-state index in [9.17, 15) is 14.0 Å². The van der Waals surface area contributed by atoms with E-state index in [4.69, 9.17) is 4.74 Å². The first-order valence-corrected chi connectivity index (χ1v) is 9.22. The maximum Gasteiger partial charge on any atom is 0.283 e. The standard InChI is InChI=1S/C21H18FN5O3/c1-13(2)30-17-9-3-14(4-10-17)20(28)25-26-12-23-19-18(21(26)29)11-24-27(19)16-7-5-15(22)6-8-16/h3-13H,1-2H3,(H,25,28). The van der Waals surface area contributed by atoms with Gasteiger partial charge in [-0.15, -0.1) is 0 Å². The molecule has 0 aliphatic rings. The van der Waals surface area contributed by atoms with Crippen molar-refractivity contribution in [2.75, 3.05) is 5.43 Å². The van der Waals surface area contributed by atoms with Crippen LogP contribution in [0.25, 0.3) is 16.7 Å². The number of rotatable bonds is 5. The summed E-state index contributed by atoms with van der Waals surface area (Å²) in [4.78, 5) is 29.5. The highest BCUT2D eigenvalue weighted by Gasteiger charge is 2.14. The van der Waals surface area contributed by atoms with Crippen molar-refractivity contribution in [3.63, 3.8) is 0 Å². The lowest BCUT2D eigenvalue weighted by atomic mass is 10.2. The maximum atomic E-state index is 13.2. The van der Waals surface area contributed by atoms with E-state index in [1.807, 2.05) is 13.8 Å². The number of hydrogen-bond acceptors (Lipinski definition) is 5. The zero-order chi connectivity index (χ0) is 21.3. The predicted molar refractivity (Wildman–Crippen MR) is 109 cm³/mol. The summed E-state index contributed by atoms with van der Waals surface area (Å²) in [6.45, 7) is 3.82. The Labute approximate surface area is 170 Å². The van der Waals surface area contributed by atoms with Gasteiger partial charge in [-0.3, -0.25) is 15.0 Å². The fourth-order valence-corrected chi connectivity index (χ4v) is 2.89. The van der Waals surface area contributed by atoms with E-state index in [2.05, 4.69) is 15.5 Å². The number of halogens is 1. The number of benzene rings is 2. The number of nitrogens with one attached hydrogen (secondary N) is 1. The number of amides is 1. The normalized spacial score (nSPS) is 11.1. The van der Waals surface area contributed by atoms with Crippen LogP contribution in [0, 0.1) is 5.82 Å². The lowest BCUT2D eigenvalue weighted by Gasteiger charge is -2.11. The van der Waals surface area contributed by atoms with Crippen LogP contribution in [0.2, 0.25) is 0 Å². The van der Waals surface area contributed by atoms with Gasteiger partial charge in [-0.05, 0) is 62.4 Å². The van der Waals surface area contributed by atoms with Crippen LogP contribution in [0.3, 0.4) is 0 Å². The molecule has 30 heavy (non-hydrogen) atoms. The van der Waals surface area contributed by atoms with Crippen LogP contribution in [0.5, 0.6) is 5.75 Å². The van der Waals surface area contributed by atoms with Gasteiger partial charge in [0.25, 0.3) is 11.5 Å². The van der Waals surface area contributed by atoms with E-state index in [-0.39, 0.29) is 17.3 Å². The number of ether oxygens (including phenoxy) is 1. The Bertz CT molecular complexity index is 1260. The van der Waals surface area contributed by atoms with Crippen molar-refractivity contribution in [3.05, 3.63) is 82.8 Å². The van der Waals surface area contributed by atoms with Crippen molar-refractivity contribution < 1.29 is 13.9 Å². The molecule has 0 bridgehead atoms. The fourth-order valence-electron chi connectivity index (χ4n) is 2.89. The Kier molecular flexibility index (Phi) is 5.01. The van der Waals surface area contributed by atoms with E-state index in [0.717, 1.165) is 4.68 Å². The highest BCUT2D eigenvalue weighted by molar-refractivity contribution is 6.00. The van der Waals surface area contributed by atoms with Crippen molar-refractivity contribution in [2.45, 2.75) is 20.0 Å². The molecule has 2 aromatic heterocycles. The highest BCUT2D eigenvalue weighted by atomic mass is 19.1. The Hall–Kier alpha value is -4.01. The SMILES string of the molecule is CC(C)Oc1ccc(C(=O)Nn2cnc3c(cnn3-c3ccc(F)cc3)c2=O)cc1. The summed E-state index contributed by atoms with van der Waals surface area (Å²) in [5, 5.41) is 4.37. The van der Waals surface area contributed by atoms with E-state index in [1.54, 1.807) is 24.3 Å². The number of carbonyl (C=O) groups excluding carboxylic acids is 1. The third kappa shape index (κ3) is 3.77. The molecular weight excluding hydrogens is 389 g/mol. The summed E-state index contributed by atoms with van der Waals surface area (Å²) in [5.41, 5.74) is 3.24. The summed E-state index contributed by atoms with van der Waals surface area (Å²) in [6.07, 6.45) is 2.59. The average Bonchev–Trinajstić information content (AvgIpc) is 3.15. The first-order valence-electron chi connectivity index (χ1n) is 9.22. The molecule has 4 rings (SSSR count). The van der Waals surface area contributed by atoms with Crippen molar-refractivity contribution in [1.82, 2.24) is 19.4 Å². The second-order valence-electron chi connectivity index (χ2n) is 6.82. The molecule has 0 spiro atoms. The smallest absolute Gasteiger partial charge is 0.283 e. The number of aromatic nitrogens is 4. The van der Waals surface area contributed by atoms with E-state index >= 15 is 0 Å². The van der Waals surface area contributed by atoms with Crippen molar-refractivity contribution in [3.8, 4) is 11.4 Å². The molecule has 152 valence electrons. The van der Waals surface area contributed by atoms with Crippen molar-refractivity contribution in [2.24, 2.45) is 0 Å². The zero-order valence-electron chi connectivity index (χ0n) is 16.2. The molecule has 8 nitrogen and oxygen atoms in total. The molecule has 0 aliphatic carbocycles. The Morgan fingerprint density at radius 1 is 1.10 bits per heavy atom. The van der Waals surface area contributed by atoms with Gasteiger partial charge in [-0.2, -0.15) is 5.10 Å². The molecular formula is C21H18FN5O3. The first kappa shape index (κ1) is 19.3. The molecule has 0 saturated carbocycles. The summed E-state index contributed by atoms with van der Waals surface area (Å²) >= 11 is 0.